The number of aromatic nitrogens is 2. The third-order valence-corrected chi connectivity index (χ3v) is 4.73. The molecular formula is C19H16ClF2N3O4S. The minimum Gasteiger partial charge on any atom is -0.489 e. The second-order valence-corrected chi connectivity index (χ2v) is 8.36. The molecule has 0 aliphatic rings. The monoisotopic (exact) mass is 455 g/mol. The van der Waals surface area contributed by atoms with Gasteiger partial charge < -0.3 is 9.47 Å². The zero-order valence-electron chi connectivity index (χ0n) is 15.8. The van der Waals surface area contributed by atoms with Crippen molar-refractivity contribution in [3.63, 3.8) is 0 Å². The summed E-state index contributed by atoms with van der Waals surface area (Å²) in [6, 6.07) is 9.45. The number of halogens is 3. The van der Waals surface area contributed by atoms with Gasteiger partial charge in [0.1, 0.15) is 29.7 Å². The van der Waals surface area contributed by atoms with Crippen LogP contribution in [-0.4, -0.2) is 32.0 Å². The number of sulfonamides is 1. The van der Waals surface area contributed by atoms with E-state index in [4.69, 9.17) is 21.1 Å². The molecular weight excluding hydrogens is 440 g/mol. The van der Waals surface area contributed by atoms with E-state index in [0.29, 0.717) is 11.3 Å². The Labute approximate surface area is 176 Å². The third-order valence-electron chi connectivity index (χ3n) is 3.85. The number of rotatable bonds is 7. The van der Waals surface area contributed by atoms with Gasteiger partial charge in [0.15, 0.2) is 0 Å². The number of benzene rings is 2. The molecule has 0 saturated carbocycles. The van der Waals surface area contributed by atoms with Crippen molar-refractivity contribution in [3.8, 4) is 22.9 Å². The SMILES string of the molecule is COc1nnc(-c2cc(OCc3ccc(F)c(Cl)c3)ccc2F)cc1NS(C)(=O)=O. The fourth-order valence-corrected chi connectivity index (χ4v) is 3.27. The first-order valence-electron chi connectivity index (χ1n) is 8.42. The van der Waals surface area contributed by atoms with E-state index < -0.39 is 21.7 Å². The fourth-order valence-electron chi connectivity index (χ4n) is 2.52. The van der Waals surface area contributed by atoms with Gasteiger partial charge in [0.25, 0.3) is 5.88 Å². The molecule has 30 heavy (non-hydrogen) atoms. The molecule has 0 aliphatic heterocycles. The van der Waals surface area contributed by atoms with Crippen molar-refractivity contribution < 1.29 is 26.7 Å². The highest BCUT2D eigenvalue weighted by Crippen LogP contribution is 2.31. The van der Waals surface area contributed by atoms with Gasteiger partial charge in [0, 0.05) is 5.56 Å². The highest BCUT2D eigenvalue weighted by Gasteiger charge is 2.16. The van der Waals surface area contributed by atoms with E-state index in [2.05, 4.69) is 14.9 Å². The van der Waals surface area contributed by atoms with Crippen LogP contribution in [-0.2, 0) is 16.6 Å². The third kappa shape index (κ3) is 5.33. The summed E-state index contributed by atoms with van der Waals surface area (Å²) >= 11 is 5.75. The molecule has 1 heterocycles. The van der Waals surface area contributed by atoms with Gasteiger partial charge in [-0.1, -0.05) is 17.7 Å². The van der Waals surface area contributed by atoms with E-state index in [9.17, 15) is 17.2 Å². The minimum atomic E-state index is -3.63. The van der Waals surface area contributed by atoms with E-state index >= 15 is 0 Å². The Bertz CT molecular complexity index is 1190. The lowest BCUT2D eigenvalue weighted by Crippen LogP contribution is -2.12. The standard InChI is InChI=1S/C19H16ClF2N3O4S/c1-28-19-18(25-30(2,26)27)9-17(23-24-19)13-8-12(4-6-15(13)21)29-10-11-3-5-16(22)14(20)7-11/h3-9H,10H2,1-2H3,(H,23,25). The van der Waals surface area contributed by atoms with Crippen LogP contribution in [0.5, 0.6) is 11.6 Å². The Kier molecular flexibility index (Phi) is 6.37. The molecule has 0 radical (unpaired) electrons. The lowest BCUT2D eigenvalue weighted by molar-refractivity contribution is 0.305. The van der Waals surface area contributed by atoms with Crippen LogP contribution in [0.2, 0.25) is 5.02 Å². The van der Waals surface area contributed by atoms with E-state index in [1.807, 2.05) is 0 Å². The highest BCUT2D eigenvalue weighted by atomic mass is 35.5. The van der Waals surface area contributed by atoms with Gasteiger partial charge >= 0.3 is 0 Å². The topological polar surface area (TPSA) is 90.4 Å². The maximum absolute atomic E-state index is 14.4. The molecule has 158 valence electrons. The summed E-state index contributed by atoms with van der Waals surface area (Å²) in [5.74, 6) is -0.912. The maximum atomic E-state index is 14.4. The van der Waals surface area contributed by atoms with E-state index in [0.717, 1.165) is 6.26 Å². The van der Waals surface area contributed by atoms with Crippen LogP contribution in [0.3, 0.4) is 0 Å². The molecule has 0 unspecified atom stereocenters. The van der Waals surface area contributed by atoms with Crippen molar-refractivity contribution in [2.45, 2.75) is 6.61 Å². The quantitative estimate of drug-likeness (QED) is 0.578. The number of ether oxygens (including phenoxy) is 2. The first kappa shape index (κ1) is 21.7. The molecule has 0 atom stereocenters. The Balaban J connectivity index is 1.89. The van der Waals surface area contributed by atoms with Crippen molar-refractivity contribution in [1.29, 1.82) is 0 Å². The second-order valence-electron chi connectivity index (χ2n) is 6.21. The van der Waals surface area contributed by atoms with Gasteiger partial charge in [-0.05, 0) is 42.0 Å². The predicted octanol–water partition coefficient (Wildman–Crippen LogP) is 4.03. The molecule has 0 amide bonds. The van der Waals surface area contributed by atoms with E-state index in [1.54, 1.807) is 0 Å². The van der Waals surface area contributed by atoms with Crippen LogP contribution in [0.15, 0.2) is 42.5 Å². The molecule has 1 aromatic heterocycles. The lowest BCUT2D eigenvalue weighted by atomic mass is 10.1. The van der Waals surface area contributed by atoms with Gasteiger partial charge in [-0.25, -0.2) is 17.2 Å². The summed E-state index contributed by atoms with van der Waals surface area (Å²) in [5, 5.41) is 7.64. The van der Waals surface area contributed by atoms with Crippen molar-refractivity contribution in [3.05, 3.63) is 64.7 Å². The minimum absolute atomic E-state index is 0.0108. The first-order valence-corrected chi connectivity index (χ1v) is 10.7. The largest absolute Gasteiger partial charge is 0.489 e. The number of nitrogens with one attached hydrogen (secondary N) is 1. The number of hydrogen-bond donors (Lipinski definition) is 1. The molecule has 0 bridgehead atoms. The summed E-state index contributed by atoms with van der Waals surface area (Å²) < 4.78 is 63.7. The average molecular weight is 456 g/mol. The van der Waals surface area contributed by atoms with Gasteiger partial charge in [-0.2, -0.15) is 0 Å². The molecule has 2 aromatic carbocycles. The maximum Gasteiger partial charge on any atom is 0.257 e. The number of nitrogens with zero attached hydrogens (tertiary/aromatic N) is 2. The van der Waals surface area contributed by atoms with Crippen LogP contribution in [0.4, 0.5) is 14.5 Å². The van der Waals surface area contributed by atoms with Crippen molar-refractivity contribution in [1.82, 2.24) is 10.2 Å². The highest BCUT2D eigenvalue weighted by molar-refractivity contribution is 7.92. The smallest absolute Gasteiger partial charge is 0.257 e. The van der Waals surface area contributed by atoms with Crippen LogP contribution in [0.1, 0.15) is 5.56 Å². The molecule has 7 nitrogen and oxygen atoms in total. The van der Waals surface area contributed by atoms with Gasteiger partial charge in [0.2, 0.25) is 10.0 Å². The van der Waals surface area contributed by atoms with Gasteiger partial charge in [-0.3, -0.25) is 4.72 Å². The zero-order chi connectivity index (χ0) is 21.9. The van der Waals surface area contributed by atoms with Crippen LogP contribution < -0.4 is 14.2 Å². The lowest BCUT2D eigenvalue weighted by Gasteiger charge is -2.12. The molecule has 3 aromatic rings. The summed E-state index contributed by atoms with van der Waals surface area (Å²) in [6.45, 7) is 0.0697. The summed E-state index contributed by atoms with van der Waals surface area (Å²) in [4.78, 5) is 0. The van der Waals surface area contributed by atoms with Gasteiger partial charge in [-0.15, -0.1) is 10.2 Å². The summed E-state index contributed by atoms with van der Waals surface area (Å²) in [6.07, 6.45) is 0.962. The molecule has 0 spiro atoms. The second kappa shape index (κ2) is 8.80. The molecule has 0 aliphatic carbocycles. The molecule has 11 heteroatoms. The van der Waals surface area contributed by atoms with Crippen LogP contribution in [0.25, 0.3) is 11.3 Å². The average Bonchev–Trinajstić information content (AvgIpc) is 2.68. The van der Waals surface area contributed by atoms with E-state index in [1.165, 1.54) is 49.6 Å². The normalized spacial score (nSPS) is 11.2. The number of hydrogen-bond acceptors (Lipinski definition) is 6. The van der Waals surface area contributed by atoms with E-state index in [-0.39, 0.29) is 34.5 Å². The Morgan fingerprint density at radius 1 is 1.07 bits per heavy atom. The Hall–Kier alpha value is -2.98. The molecule has 0 fully saturated rings. The molecule has 0 saturated heterocycles. The Morgan fingerprint density at radius 3 is 2.47 bits per heavy atom. The molecule has 1 N–H and O–H groups in total. The zero-order valence-corrected chi connectivity index (χ0v) is 17.4. The first-order chi connectivity index (χ1) is 14.2. The van der Waals surface area contributed by atoms with Crippen molar-refractivity contribution in [2.24, 2.45) is 0 Å². The fraction of sp³-hybridized carbons (Fsp3) is 0.158. The summed E-state index contributed by atoms with van der Waals surface area (Å²) in [7, 11) is -2.33. The van der Waals surface area contributed by atoms with Crippen molar-refractivity contribution >= 4 is 27.3 Å². The Morgan fingerprint density at radius 2 is 1.80 bits per heavy atom. The predicted molar refractivity (Wildman–Crippen MR) is 108 cm³/mol. The number of methoxy groups -OCH3 is 1. The molecule has 3 rings (SSSR count). The van der Waals surface area contributed by atoms with Gasteiger partial charge in [0.05, 0.1) is 24.1 Å². The summed E-state index contributed by atoms with van der Waals surface area (Å²) in [5.41, 5.74) is 0.735. The van der Waals surface area contributed by atoms with Crippen molar-refractivity contribution in [2.75, 3.05) is 18.1 Å². The van der Waals surface area contributed by atoms with Crippen LogP contribution in [0, 0.1) is 11.6 Å². The number of anilines is 1. The van der Waals surface area contributed by atoms with Crippen LogP contribution >= 0.6 is 11.6 Å².